The van der Waals surface area contributed by atoms with Crippen molar-refractivity contribution in [1.82, 2.24) is 15.1 Å². The third-order valence-corrected chi connectivity index (χ3v) is 5.57. The molecule has 0 aromatic heterocycles. The number of nitrogens with one attached hydrogen (secondary N) is 1. The van der Waals surface area contributed by atoms with Gasteiger partial charge in [0.15, 0.2) is 0 Å². The van der Waals surface area contributed by atoms with Gasteiger partial charge in [-0.15, -0.1) is 0 Å². The molecule has 2 rings (SSSR count). The summed E-state index contributed by atoms with van der Waals surface area (Å²) in [6, 6.07) is -0.531. The molecule has 0 spiro atoms. The van der Waals surface area contributed by atoms with Crippen molar-refractivity contribution in [2.24, 2.45) is 17.8 Å². The van der Waals surface area contributed by atoms with E-state index in [0.29, 0.717) is 43.8 Å². The van der Waals surface area contributed by atoms with E-state index in [4.69, 9.17) is 0 Å². The van der Waals surface area contributed by atoms with Crippen molar-refractivity contribution in [2.45, 2.75) is 65.5 Å². The lowest BCUT2D eigenvalue weighted by molar-refractivity contribution is -0.150. The number of nitrogens with zero attached hydrogens (tertiary/aromatic N) is 2. The molecule has 2 N–H and O–H groups in total. The Balaban J connectivity index is 2.10. The molecule has 0 aromatic carbocycles. The Morgan fingerprint density at radius 1 is 1.15 bits per heavy atom. The predicted octanol–water partition coefficient (Wildman–Crippen LogP) is 1.48. The number of piperazine rings is 1. The Morgan fingerprint density at radius 2 is 1.81 bits per heavy atom. The summed E-state index contributed by atoms with van der Waals surface area (Å²) in [6.45, 7) is 11.4. The molecule has 2 aliphatic rings. The van der Waals surface area contributed by atoms with Crippen LogP contribution in [0.4, 0.5) is 0 Å². The molecular formula is C20H37N3O3. The van der Waals surface area contributed by atoms with Crippen LogP contribution >= 0.6 is 0 Å². The molecule has 2 heterocycles. The average Bonchev–Trinajstić information content (AvgIpc) is 2.61. The SMILES string of the molecule is CC(C)CC1NCCN([C@@H](CC(C)C)C(=O)N2CCC(CO)CC2)C1=O. The van der Waals surface area contributed by atoms with Crippen LogP contribution < -0.4 is 5.32 Å². The first-order valence-corrected chi connectivity index (χ1v) is 10.3. The molecule has 1 unspecified atom stereocenters. The van der Waals surface area contributed by atoms with Crippen LogP contribution in [0.1, 0.15) is 53.4 Å². The zero-order chi connectivity index (χ0) is 19.3. The molecule has 6 heteroatoms. The Morgan fingerprint density at radius 3 is 2.35 bits per heavy atom. The number of likely N-dealkylation sites (tertiary alicyclic amines) is 1. The monoisotopic (exact) mass is 367 g/mol. The fraction of sp³-hybridized carbons (Fsp3) is 0.900. The molecule has 0 aromatic rings. The second-order valence-corrected chi connectivity index (χ2v) is 8.76. The zero-order valence-electron chi connectivity index (χ0n) is 16.9. The summed E-state index contributed by atoms with van der Waals surface area (Å²) in [6.07, 6.45) is 3.21. The van der Waals surface area contributed by atoms with E-state index in [1.807, 2.05) is 9.80 Å². The van der Waals surface area contributed by atoms with Gasteiger partial charge in [0, 0.05) is 32.8 Å². The highest BCUT2D eigenvalue weighted by Gasteiger charge is 2.39. The first kappa shape index (κ1) is 21.2. The molecule has 2 atom stereocenters. The third kappa shape index (κ3) is 5.43. The van der Waals surface area contributed by atoms with E-state index >= 15 is 0 Å². The van der Waals surface area contributed by atoms with Gasteiger partial charge in [-0.2, -0.15) is 0 Å². The number of piperidine rings is 1. The Kier molecular flexibility index (Phi) is 7.89. The van der Waals surface area contributed by atoms with Crippen molar-refractivity contribution < 1.29 is 14.7 Å². The molecular weight excluding hydrogens is 330 g/mol. The lowest BCUT2D eigenvalue weighted by Gasteiger charge is -2.42. The van der Waals surface area contributed by atoms with Crippen LogP contribution in [0.5, 0.6) is 0 Å². The number of amides is 2. The van der Waals surface area contributed by atoms with Crippen molar-refractivity contribution in [2.75, 3.05) is 32.8 Å². The topological polar surface area (TPSA) is 72.9 Å². The highest BCUT2D eigenvalue weighted by molar-refractivity contribution is 5.90. The quantitative estimate of drug-likeness (QED) is 0.715. The van der Waals surface area contributed by atoms with Gasteiger partial charge in [-0.3, -0.25) is 9.59 Å². The first-order chi connectivity index (χ1) is 12.3. The van der Waals surface area contributed by atoms with Crippen molar-refractivity contribution in [3.8, 4) is 0 Å². The fourth-order valence-corrected chi connectivity index (χ4v) is 4.08. The van der Waals surface area contributed by atoms with Crippen LogP contribution in [0.2, 0.25) is 0 Å². The summed E-state index contributed by atoms with van der Waals surface area (Å²) >= 11 is 0. The number of aliphatic hydroxyl groups excluding tert-OH is 1. The average molecular weight is 368 g/mol. The maximum absolute atomic E-state index is 13.3. The second kappa shape index (κ2) is 9.70. The van der Waals surface area contributed by atoms with Gasteiger partial charge in [-0.1, -0.05) is 27.7 Å². The van der Waals surface area contributed by atoms with E-state index in [0.717, 1.165) is 25.8 Å². The highest BCUT2D eigenvalue weighted by atomic mass is 16.3. The number of aliphatic hydroxyl groups is 1. The minimum atomic E-state index is -0.357. The van der Waals surface area contributed by atoms with E-state index in [1.54, 1.807) is 0 Å². The Bertz CT molecular complexity index is 473. The molecule has 2 amide bonds. The molecule has 0 saturated carbocycles. The molecule has 6 nitrogen and oxygen atoms in total. The molecule has 2 fully saturated rings. The smallest absolute Gasteiger partial charge is 0.245 e. The lowest BCUT2D eigenvalue weighted by atomic mass is 9.94. The molecule has 150 valence electrons. The number of carbonyl (C=O) groups excluding carboxylic acids is 2. The van der Waals surface area contributed by atoms with E-state index in [1.165, 1.54) is 0 Å². The molecule has 0 radical (unpaired) electrons. The van der Waals surface area contributed by atoms with Crippen molar-refractivity contribution >= 4 is 11.8 Å². The summed E-state index contributed by atoms with van der Waals surface area (Å²) in [5.74, 6) is 1.26. The minimum Gasteiger partial charge on any atom is -0.396 e. The van der Waals surface area contributed by atoms with Crippen molar-refractivity contribution in [3.05, 3.63) is 0 Å². The highest BCUT2D eigenvalue weighted by Crippen LogP contribution is 2.23. The Labute approximate surface area is 158 Å². The number of hydrogen-bond donors (Lipinski definition) is 2. The van der Waals surface area contributed by atoms with Crippen LogP contribution in [0.15, 0.2) is 0 Å². The van der Waals surface area contributed by atoms with E-state index in [9.17, 15) is 14.7 Å². The maximum Gasteiger partial charge on any atom is 0.245 e. The largest absolute Gasteiger partial charge is 0.396 e. The fourth-order valence-electron chi connectivity index (χ4n) is 4.08. The summed E-state index contributed by atoms with van der Waals surface area (Å²) in [7, 11) is 0. The lowest BCUT2D eigenvalue weighted by Crippen LogP contribution is -2.62. The van der Waals surface area contributed by atoms with E-state index in [2.05, 4.69) is 33.0 Å². The summed E-state index contributed by atoms with van der Waals surface area (Å²) in [4.78, 5) is 30.0. The standard InChI is InChI=1S/C20H37N3O3/c1-14(2)11-17-19(25)23(10-7-21-17)18(12-15(3)4)20(26)22-8-5-16(13-24)6-9-22/h14-18,21,24H,5-13H2,1-4H3/t17?,18-/m0/s1. The van der Waals surface area contributed by atoms with Gasteiger partial charge in [-0.25, -0.2) is 0 Å². The van der Waals surface area contributed by atoms with Crippen LogP contribution in [0, 0.1) is 17.8 Å². The molecule has 2 saturated heterocycles. The van der Waals surface area contributed by atoms with Crippen molar-refractivity contribution in [3.63, 3.8) is 0 Å². The normalized spacial score (nSPS) is 23.8. The number of rotatable bonds is 7. The minimum absolute atomic E-state index is 0.0780. The third-order valence-electron chi connectivity index (χ3n) is 5.57. The number of carbonyl (C=O) groups is 2. The molecule has 2 aliphatic heterocycles. The van der Waals surface area contributed by atoms with Gasteiger partial charge in [0.05, 0.1) is 6.04 Å². The molecule has 26 heavy (non-hydrogen) atoms. The van der Waals surface area contributed by atoms with Gasteiger partial charge in [-0.05, 0) is 43.4 Å². The number of hydrogen-bond acceptors (Lipinski definition) is 4. The second-order valence-electron chi connectivity index (χ2n) is 8.76. The van der Waals surface area contributed by atoms with Gasteiger partial charge in [0.25, 0.3) is 0 Å². The van der Waals surface area contributed by atoms with Gasteiger partial charge in [0.1, 0.15) is 6.04 Å². The Hall–Kier alpha value is -1.14. The van der Waals surface area contributed by atoms with Gasteiger partial charge < -0.3 is 20.2 Å². The van der Waals surface area contributed by atoms with Crippen LogP contribution in [-0.4, -0.2) is 71.6 Å². The summed E-state index contributed by atoms with van der Waals surface area (Å²) < 4.78 is 0. The predicted molar refractivity (Wildman–Crippen MR) is 103 cm³/mol. The van der Waals surface area contributed by atoms with E-state index < -0.39 is 0 Å². The van der Waals surface area contributed by atoms with Gasteiger partial charge >= 0.3 is 0 Å². The molecule has 0 bridgehead atoms. The van der Waals surface area contributed by atoms with E-state index in [-0.39, 0.29) is 30.5 Å². The maximum atomic E-state index is 13.3. The zero-order valence-corrected chi connectivity index (χ0v) is 16.9. The molecule has 0 aliphatic carbocycles. The first-order valence-electron chi connectivity index (χ1n) is 10.3. The van der Waals surface area contributed by atoms with Gasteiger partial charge in [0.2, 0.25) is 11.8 Å². The van der Waals surface area contributed by atoms with Crippen molar-refractivity contribution in [1.29, 1.82) is 0 Å². The van der Waals surface area contributed by atoms with Crippen LogP contribution in [0.25, 0.3) is 0 Å². The summed E-state index contributed by atoms with van der Waals surface area (Å²) in [5.41, 5.74) is 0. The van der Waals surface area contributed by atoms with Crippen LogP contribution in [0.3, 0.4) is 0 Å². The summed E-state index contributed by atoms with van der Waals surface area (Å²) in [5, 5.41) is 12.6. The van der Waals surface area contributed by atoms with Crippen LogP contribution in [-0.2, 0) is 9.59 Å².